The van der Waals surface area contributed by atoms with Crippen LogP contribution in [0.1, 0.15) is 18.1 Å². The molecule has 0 aliphatic heterocycles. The standard InChI is InChI=1S/C19H20N2O/c1-15(22)21(14-16-7-3-2-4-8-16)12-11-17-13-20-19-10-6-5-9-18(17)19/h2-10,13,20H,11-12,14H2,1H3. The Morgan fingerprint density at radius 1 is 1.05 bits per heavy atom. The Labute approximate surface area is 130 Å². The highest BCUT2D eigenvalue weighted by atomic mass is 16.2. The fourth-order valence-electron chi connectivity index (χ4n) is 2.75. The van der Waals surface area contributed by atoms with Gasteiger partial charge in [0, 0.05) is 37.1 Å². The van der Waals surface area contributed by atoms with Crippen LogP contribution in [0.25, 0.3) is 10.9 Å². The minimum Gasteiger partial charge on any atom is -0.361 e. The Kier molecular flexibility index (Phi) is 4.24. The van der Waals surface area contributed by atoms with Crippen LogP contribution in [0.2, 0.25) is 0 Å². The summed E-state index contributed by atoms with van der Waals surface area (Å²) in [6, 6.07) is 18.4. The Bertz CT molecular complexity index is 761. The molecule has 2 aromatic carbocycles. The fraction of sp³-hybridized carbons (Fsp3) is 0.211. The second kappa shape index (κ2) is 6.48. The van der Waals surface area contributed by atoms with Crippen LogP contribution in [-0.4, -0.2) is 22.3 Å². The van der Waals surface area contributed by atoms with Crippen molar-refractivity contribution >= 4 is 16.8 Å². The molecule has 0 aliphatic carbocycles. The monoisotopic (exact) mass is 292 g/mol. The number of hydrogen-bond donors (Lipinski definition) is 1. The molecular weight excluding hydrogens is 272 g/mol. The minimum atomic E-state index is 0.115. The molecular formula is C19H20N2O. The van der Waals surface area contributed by atoms with Gasteiger partial charge in [0.1, 0.15) is 0 Å². The van der Waals surface area contributed by atoms with Crippen LogP contribution in [0, 0.1) is 0 Å². The third-order valence-electron chi connectivity index (χ3n) is 3.99. The van der Waals surface area contributed by atoms with Crippen molar-refractivity contribution in [2.45, 2.75) is 19.9 Å². The van der Waals surface area contributed by atoms with Crippen LogP contribution < -0.4 is 0 Å². The number of benzene rings is 2. The lowest BCUT2D eigenvalue weighted by Crippen LogP contribution is -2.30. The molecule has 1 amide bonds. The maximum Gasteiger partial charge on any atom is 0.219 e. The number of nitrogens with zero attached hydrogens (tertiary/aromatic N) is 1. The highest BCUT2D eigenvalue weighted by molar-refractivity contribution is 5.83. The SMILES string of the molecule is CC(=O)N(CCc1c[nH]c2ccccc12)Cc1ccccc1. The van der Waals surface area contributed by atoms with Gasteiger partial charge in [-0.1, -0.05) is 48.5 Å². The predicted octanol–water partition coefficient (Wildman–Crippen LogP) is 3.76. The normalized spacial score (nSPS) is 10.8. The first-order valence-corrected chi connectivity index (χ1v) is 7.58. The first kappa shape index (κ1) is 14.4. The van der Waals surface area contributed by atoms with E-state index in [-0.39, 0.29) is 5.91 Å². The molecule has 1 aromatic heterocycles. The average Bonchev–Trinajstić information content (AvgIpc) is 2.95. The van der Waals surface area contributed by atoms with Gasteiger partial charge in [-0.25, -0.2) is 0 Å². The third-order valence-corrected chi connectivity index (χ3v) is 3.99. The van der Waals surface area contributed by atoms with Crippen molar-refractivity contribution in [2.24, 2.45) is 0 Å². The molecule has 0 fully saturated rings. The Hall–Kier alpha value is -2.55. The van der Waals surface area contributed by atoms with Gasteiger partial charge in [-0.2, -0.15) is 0 Å². The lowest BCUT2D eigenvalue weighted by atomic mass is 10.1. The molecule has 112 valence electrons. The third kappa shape index (κ3) is 3.19. The molecule has 3 rings (SSSR count). The summed E-state index contributed by atoms with van der Waals surface area (Å²) >= 11 is 0. The number of fused-ring (bicyclic) bond motifs is 1. The molecule has 0 saturated carbocycles. The molecule has 3 heteroatoms. The molecule has 0 spiro atoms. The van der Waals surface area contributed by atoms with Gasteiger partial charge in [0.25, 0.3) is 0 Å². The number of nitrogens with one attached hydrogen (secondary N) is 1. The molecule has 0 saturated heterocycles. The van der Waals surface area contributed by atoms with Crippen LogP contribution in [0.15, 0.2) is 60.8 Å². The molecule has 0 atom stereocenters. The van der Waals surface area contributed by atoms with E-state index in [9.17, 15) is 4.79 Å². The van der Waals surface area contributed by atoms with Gasteiger partial charge in [0.15, 0.2) is 0 Å². The zero-order valence-electron chi connectivity index (χ0n) is 12.8. The summed E-state index contributed by atoms with van der Waals surface area (Å²) in [5.41, 5.74) is 3.57. The number of H-pyrrole nitrogens is 1. The lowest BCUT2D eigenvalue weighted by Gasteiger charge is -2.21. The van der Waals surface area contributed by atoms with Crippen LogP contribution >= 0.6 is 0 Å². The van der Waals surface area contributed by atoms with Gasteiger partial charge in [-0.15, -0.1) is 0 Å². The summed E-state index contributed by atoms with van der Waals surface area (Å²) in [6.45, 7) is 3.03. The summed E-state index contributed by atoms with van der Waals surface area (Å²) < 4.78 is 0. The quantitative estimate of drug-likeness (QED) is 0.763. The van der Waals surface area contributed by atoms with Crippen molar-refractivity contribution in [3.05, 3.63) is 71.9 Å². The Morgan fingerprint density at radius 3 is 2.55 bits per heavy atom. The molecule has 0 bridgehead atoms. The smallest absolute Gasteiger partial charge is 0.219 e. The molecule has 3 aromatic rings. The first-order chi connectivity index (χ1) is 10.7. The van der Waals surface area contributed by atoms with Gasteiger partial charge in [0.05, 0.1) is 0 Å². The lowest BCUT2D eigenvalue weighted by molar-refractivity contribution is -0.129. The van der Waals surface area contributed by atoms with Crippen LogP contribution in [0.3, 0.4) is 0 Å². The van der Waals surface area contributed by atoms with E-state index in [1.807, 2.05) is 41.4 Å². The largest absolute Gasteiger partial charge is 0.361 e. The topological polar surface area (TPSA) is 36.1 Å². The maximum absolute atomic E-state index is 11.9. The molecule has 1 N–H and O–H groups in total. The van der Waals surface area contributed by atoms with Gasteiger partial charge in [0.2, 0.25) is 5.91 Å². The van der Waals surface area contributed by atoms with E-state index in [0.29, 0.717) is 6.54 Å². The number of aromatic nitrogens is 1. The second-order valence-electron chi connectivity index (χ2n) is 5.54. The average molecular weight is 292 g/mol. The molecule has 0 radical (unpaired) electrons. The van der Waals surface area contributed by atoms with Crippen LogP contribution in [0.4, 0.5) is 0 Å². The van der Waals surface area contributed by atoms with E-state index in [0.717, 1.165) is 24.0 Å². The van der Waals surface area contributed by atoms with Gasteiger partial charge in [-0.05, 0) is 23.6 Å². The molecule has 22 heavy (non-hydrogen) atoms. The van der Waals surface area contributed by atoms with Crippen molar-refractivity contribution in [2.75, 3.05) is 6.54 Å². The van der Waals surface area contributed by atoms with Crippen molar-refractivity contribution in [3.8, 4) is 0 Å². The fourth-order valence-corrected chi connectivity index (χ4v) is 2.75. The number of hydrogen-bond acceptors (Lipinski definition) is 1. The summed E-state index contributed by atoms with van der Waals surface area (Å²) in [6.07, 6.45) is 2.90. The zero-order valence-corrected chi connectivity index (χ0v) is 12.8. The van der Waals surface area contributed by atoms with Crippen molar-refractivity contribution < 1.29 is 4.79 Å². The molecule has 0 aliphatic rings. The number of aromatic amines is 1. The number of amides is 1. The minimum absolute atomic E-state index is 0.115. The Balaban J connectivity index is 1.71. The molecule has 0 unspecified atom stereocenters. The number of carbonyl (C=O) groups is 1. The van der Waals surface area contributed by atoms with Gasteiger partial charge >= 0.3 is 0 Å². The summed E-state index contributed by atoms with van der Waals surface area (Å²) in [7, 11) is 0. The van der Waals surface area contributed by atoms with E-state index < -0.39 is 0 Å². The highest BCUT2D eigenvalue weighted by Crippen LogP contribution is 2.18. The van der Waals surface area contributed by atoms with E-state index in [1.165, 1.54) is 10.9 Å². The van der Waals surface area contributed by atoms with Crippen molar-refractivity contribution in [3.63, 3.8) is 0 Å². The zero-order chi connectivity index (χ0) is 15.4. The number of carbonyl (C=O) groups excluding carboxylic acids is 1. The summed E-state index contributed by atoms with van der Waals surface area (Å²) in [5, 5.41) is 1.24. The van der Waals surface area contributed by atoms with Crippen molar-refractivity contribution in [1.82, 2.24) is 9.88 Å². The van der Waals surface area contributed by atoms with Gasteiger partial charge in [-0.3, -0.25) is 4.79 Å². The second-order valence-corrected chi connectivity index (χ2v) is 5.54. The van der Waals surface area contributed by atoms with E-state index in [1.54, 1.807) is 6.92 Å². The highest BCUT2D eigenvalue weighted by Gasteiger charge is 2.11. The predicted molar refractivity (Wildman–Crippen MR) is 89.5 cm³/mol. The summed E-state index contributed by atoms with van der Waals surface area (Å²) in [4.78, 5) is 17.1. The van der Waals surface area contributed by atoms with Crippen LogP contribution in [-0.2, 0) is 17.8 Å². The number of rotatable bonds is 5. The molecule has 1 heterocycles. The molecule has 3 nitrogen and oxygen atoms in total. The summed E-state index contributed by atoms with van der Waals surface area (Å²) in [5.74, 6) is 0.115. The number of para-hydroxylation sites is 1. The van der Waals surface area contributed by atoms with Crippen LogP contribution in [0.5, 0.6) is 0 Å². The van der Waals surface area contributed by atoms with E-state index in [2.05, 4.69) is 29.2 Å². The first-order valence-electron chi connectivity index (χ1n) is 7.58. The van der Waals surface area contributed by atoms with Gasteiger partial charge < -0.3 is 9.88 Å². The van der Waals surface area contributed by atoms with E-state index >= 15 is 0 Å². The Morgan fingerprint density at radius 2 is 1.77 bits per heavy atom. The van der Waals surface area contributed by atoms with E-state index in [4.69, 9.17) is 0 Å². The van der Waals surface area contributed by atoms with Crippen molar-refractivity contribution in [1.29, 1.82) is 0 Å². The maximum atomic E-state index is 11.9.